The summed E-state index contributed by atoms with van der Waals surface area (Å²) in [5.74, 6) is 0.544. The third kappa shape index (κ3) is 7.71. The molecule has 0 saturated carbocycles. The van der Waals surface area contributed by atoms with Crippen LogP contribution in [0.25, 0.3) is 0 Å². The Morgan fingerprint density at radius 3 is 2.20 bits per heavy atom. The van der Waals surface area contributed by atoms with Crippen molar-refractivity contribution in [2.45, 2.75) is 52.1 Å². The monoisotopic (exact) mass is 472 g/mol. The fourth-order valence-electron chi connectivity index (χ4n) is 4.15. The third-order valence-electron chi connectivity index (χ3n) is 6.17. The molecule has 3 aromatic carbocycles. The zero-order chi connectivity index (χ0) is 25.0. The third-order valence-corrected chi connectivity index (χ3v) is 6.17. The number of amides is 2. The van der Waals surface area contributed by atoms with Crippen molar-refractivity contribution in [3.63, 3.8) is 0 Å². The Bertz CT molecular complexity index is 1080. The second-order valence-corrected chi connectivity index (χ2v) is 8.64. The second kappa shape index (κ2) is 13.3. The number of hydrogen-bond acceptors (Lipinski definition) is 3. The first-order chi connectivity index (χ1) is 17.0. The van der Waals surface area contributed by atoms with E-state index in [1.165, 1.54) is 5.56 Å². The summed E-state index contributed by atoms with van der Waals surface area (Å²) in [5, 5.41) is 2.94. The molecule has 0 aromatic heterocycles. The molecule has 0 heterocycles. The molecule has 2 amide bonds. The smallest absolute Gasteiger partial charge is 0.243 e. The number of aryl methyl sites for hydroxylation is 2. The molecule has 0 radical (unpaired) electrons. The largest absolute Gasteiger partial charge is 0.497 e. The van der Waals surface area contributed by atoms with Crippen LogP contribution in [0, 0.1) is 0 Å². The summed E-state index contributed by atoms with van der Waals surface area (Å²) in [6.45, 7) is 4.86. The van der Waals surface area contributed by atoms with Crippen LogP contribution in [0.5, 0.6) is 5.75 Å². The molecule has 5 heteroatoms. The number of methoxy groups -OCH3 is 1. The molecule has 0 aliphatic rings. The zero-order valence-electron chi connectivity index (χ0n) is 21.0. The van der Waals surface area contributed by atoms with Gasteiger partial charge in [-0.05, 0) is 54.2 Å². The van der Waals surface area contributed by atoms with E-state index in [1.807, 2.05) is 61.5 Å². The molecule has 0 bridgehead atoms. The maximum Gasteiger partial charge on any atom is 0.243 e. The minimum atomic E-state index is -0.612. The number of nitrogens with one attached hydrogen (secondary N) is 1. The van der Waals surface area contributed by atoms with Crippen molar-refractivity contribution in [1.82, 2.24) is 10.2 Å². The lowest BCUT2D eigenvalue weighted by atomic mass is 10.0. The highest BCUT2D eigenvalue weighted by Gasteiger charge is 2.30. The molecule has 35 heavy (non-hydrogen) atoms. The Morgan fingerprint density at radius 2 is 1.54 bits per heavy atom. The molecule has 0 spiro atoms. The molecule has 0 aliphatic heterocycles. The van der Waals surface area contributed by atoms with Crippen LogP contribution in [0.3, 0.4) is 0 Å². The Labute approximate surface area is 209 Å². The van der Waals surface area contributed by atoms with Crippen LogP contribution in [-0.4, -0.2) is 36.4 Å². The number of carbonyl (C=O) groups is 2. The summed E-state index contributed by atoms with van der Waals surface area (Å²) >= 11 is 0. The van der Waals surface area contributed by atoms with Crippen molar-refractivity contribution in [1.29, 1.82) is 0 Å². The van der Waals surface area contributed by atoms with E-state index >= 15 is 0 Å². The molecular weight excluding hydrogens is 436 g/mol. The molecule has 0 aliphatic carbocycles. The van der Waals surface area contributed by atoms with E-state index in [2.05, 4.69) is 36.5 Å². The van der Waals surface area contributed by atoms with Gasteiger partial charge < -0.3 is 15.0 Å². The van der Waals surface area contributed by atoms with Crippen LogP contribution in [0.15, 0.2) is 78.9 Å². The van der Waals surface area contributed by atoms with Crippen LogP contribution in [0.1, 0.15) is 42.5 Å². The number of hydrogen-bond donors (Lipinski definition) is 1. The molecule has 5 nitrogen and oxygen atoms in total. The highest BCUT2D eigenvalue weighted by Crippen LogP contribution is 2.20. The van der Waals surface area contributed by atoms with Crippen LogP contribution < -0.4 is 10.1 Å². The van der Waals surface area contributed by atoms with E-state index in [4.69, 9.17) is 4.74 Å². The van der Waals surface area contributed by atoms with Gasteiger partial charge in [0.25, 0.3) is 0 Å². The van der Waals surface area contributed by atoms with Crippen molar-refractivity contribution >= 4 is 11.8 Å². The maximum absolute atomic E-state index is 13.7. The lowest BCUT2D eigenvalue weighted by Crippen LogP contribution is -2.50. The number of likely N-dealkylation sites (N-methyl/N-ethyl adjacent to an activating group) is 1. The lowest BCUT2D eigenvalue weighted by molar-refractivity contribution is -0.141. The normalized spacial score (nSPS) is 11.5. The van der Waals surface area contributed by atoms with E-state index in [0.29, 0.717) is 32.4 Å². The lowest BCUT2D eigenvalue weighted by Gasteiger charge is -2.31. The van der Waals surface area contributed by atoms with Gasteiger partial charge in [0.15, 0.2) is 0 Å². The number of carbonyl (C=O) groups excluding carboxylic acids is 2. The van der Waals surface area contributed by atoms with E-state index in [-0.39, 0.29) is 11.8 Å². The SMILES string of the molecule is CCNC(=O)[C@H](Cc1ccccc1)N(Cc1cccc(OC)c1)C(=O)CCc1ccc(CC)cc1. The van der Waals surface area contributed by atoms with E-state index < -0.39 is 6.04 Å². The van der Waals surface area contributed by atoms with Gasteiger partial charge in [0.1, 0.15) is 11.8 Å². The summed E-state index contributed by atoms with van der Waals surface area (Å²) in [6.07, 6.45) is 2.40. The highest BCUT2D eigenvalue weighted by atomic mass is 16.5. The van der Waals surface area contributed by atoms with Gasteiger partial charge >= 0.3 is 0 Å². The van der Waals surface area contributed by atoms with Crippen molar-refractivity contribution in [2.24, 2.45) is 0 Å². The number of benzene rings is 3. The Balaban J connectivity index is 1.88. The Kier molecular flexibility index (Phi) is 9.91. The summed E-state index contributed by atoms with van der Waals surface area (Å²) in [7, 11) is 1.62. The average molecular weight is 473 g/mol. The first kappa shape index (κ1) is 26.0. The van der Waals surface area contributed by atoms with Crippen molar-refractivity contribution in [3.05, 3.63) is 101 Å². The Morgan fingerprint density at radius 1 is 0.857 bits per heavy atom. The average Bonchev–Trinajstić information content (AvgIpc) is 2.90. The Hall–Kier alpha value is -3.60. The predicted molar refractivity (Wildman–Crippen MR) is 140 cm³/mol. The van der Waals surface area contributed by atoms with Gasteiger partial charge in [-0.25, -0.2) is 0 Å². The first-order valence-corrected chi connectivity index (χ1v) is 12.4. The molecule has 1 N–H and O–H groups in total. The van der Waals surface area contributed by atoms with Gasteiger partial charge in [-0.3, -0.25) is 9.59 Å². The number of nitrogens with zero attached hydrogens (tertiary/aromatic N) is 1. The number of rotatable bonds is 12. The van der Waals surface area contributed by atoms with Crippen LogP contribution in [0.2, 0.25) is 0 Å². The quantitative estimate of drug-likeness (QED) is 0.405. The summed E-state index contributed by atoms with van der Waals surface area (Å²) in [6, 6.07) is 25.3. The van der Waals surface area contributed by atoms with Crippen LogP contribution in [0.4, 0.5) is 0 Å². The molecule has 3 aromatic rings. The van der Waals surface area contributed by atoms with E-state index in [9.17, 15) is 9.59 Å². The van der Waals surface area contributed by atoms with Crippen molar-refractivity contribution < 1.29 is 14.3 Å². The van der Waals surface area contributed by atoms with Gasteiger partial charge in [-0.2, -0.15) is 0 Å². The summed E-state index contributed by atoms with van der Waals surface area (Å²) < 4.78 is 5.38. The van der Waals surface area contributed by atoms with Gasteiger partial charge in [0.05, 0.1) is 7.11 Å². The standard InChI is InChI=1S/C30H36N2O3/c1-4-23-14-16-24(17-15-23)18-19-29(33)32(22-26-12-9-13-27(20-26)35-3)28(30(34)31-5-2)21-25-10-7-6-8-11-25/h6-17,20,28H,4-5,18-19,21-22H2,1-3H3,(H,31,34)/t28-/m0/s1. The van der Waals surface area contributed by atoms with E-state index in [1.54, 1.807) is 12.0 Å². The topological polar surface area (TPSA) is 58.6 Å². The van der Waals surface area contributed by atoms with Crippen molar-refractivity contribution in [3.8, 4) is 5.75 Å². The van der Waals surface area contributed by atoms with Crippen molar-refractivity contribution in [2.75, 3.05) is 13.7 Å². The zero-order valence-corrected chi connectivity index (χ0v) is 21.0. The fourth-order valence-corrected chi connectivity index (χ4v) is 4.15. The first-order valence-electron chi connectivity index (χ1n) is 12.4. The molecule has 0 unspecified atom stereocenters. The van der Waals surface area contributed by atoms with Gasteiger partial charge in [0, 0.05) is 25.9 Å². The number of ether oxygens (including phenoxy) is 1. The minimum Gasteiger partial charge on any atom is -0.497 e. The highest BCUT2D eigenvalue weighted by molar-refractivity contribution is 5.88. The maximum atomic E-state index is 13.7. The molecule has 1 atom stereocenters. The summed E-state index contributed by atoms with van der Waals surface area (Å²) in [4.78, 5) is 28.6. The molecule has 0 saturated heterocycles. The van der Waals surface area contributed by atoms with Crippen LogP contribution >= 0.6 is 0 Å². The fraction of sp³-hybridized carbons (Fsp3) is 0.333. The van der Waals surface area contributed by atoms with Gasteiger partial charge in [-0.15, -0.1) is 0 Å². The second-order valence-electron chi connectivity index (χ2n) is 8.64. The molecular formula is C30H36N2O3. The predicted octanol–water partition coefficient (Wildman–Crippen LogP) is 4.97. The van der Waals surface area contributed by atoms with Gasteiger partial charge in [-0.1, -0.05) is 73.7 Å². The van der Waals surface area contributed by atoms with Gasteiger partial charge in [0.2, 0.25) is 11.8 Å². The van der Waals surface area contributed by atoms with Crippen LogP contribution in [-0.2, 0) is 35.4 Å². The molecule has 184 valence electrons. The summed E-state index contributed by atoms with van der Waals surface area (Å²) in [5.41, 5.74) is 4.34. The minimum absolute atomic E-state index is 0.0421. The van der Waals surface area contributed by atoms with E-state index in [0.717, 1.165) is 28.9 Å². The molecule has 0 fully saturated rings. The molecule has 3 rings (SSSR count).